The summed E-state index contributed by atoms with van der Waals surface area (Å²) < 4.78 is 0. The Kier molecular flexibility index (Phi) is 4.57. The zero-order valence-electron chi connectivity index (χ0n) is 13.8. The van der Waals surface area contributed by atoms with Crippen molar-refractivity contribution in [2.45, 2.75) is 72.8 Å². The number of carbonyl (C=O) groups is 2. The maximum Gasteiger partial charge on any atom is 0.224 e. The van der Waals surface area contributed by atoms with Crippen molar-refractivity contribution >= 4 is 11.8 Å². The highest BCUT2D eigenvalue weighted by molar-refractivity contribution is 5.90. The summed E-state index contributed by atoms with van der Waals surface area (Å²) >= 11 is 0. The third kappa shape index (κ3) is 3.97. The summed E-state index contributed by atoms with van der Waals surface area (Å²) in [5.74, 6) is -0.680. The lowest BCUT2D eigenvalue weighted by atomic mass is 9.57. The van der Waals surface area contributed by atoms with Crippen LogP contribution < -0.4 is 11.1 Å². The van der Waals surface area contributed by atoms with Crippen LogP contribution in [0.2, 0.25) is 0 Å². The zero-order chi connectivity index (χ0) is 15.8. The number of hydrogen-bond acceptors (Lipinski definition) is 2. The van der Waals surface area contributed by atoms with Gasteiger partial charge in [-0.25, -0.2) is 0 Å². The molecule has 1 fully saturated rings. The lowest BCUT2D eigenvalue weighted by molar-refractivity contribution is -0.149. The molecule has 0 aromatic heterocycles. The Morgan fingerprint density at radius 3 is 1.90 bits per heavy atom. The normalized spacial score (nSPS) is 19.9. The maximum atomic E-state index is 12.7. The van der Waals surface area contributed by atoms with Gasteiger partial charge in [0.15, 0.2) is 0 Å². The van der Waals surface area contributed by atoms with Gasteiger partial charge < -0.3 is 11.1 Å². The van der Waals surface area contributed by atoms with E-state index in [1.165, 1.54) is 0 Å². The van der Waals surface area contributed by atoms with Crippen molar-refractivity contribution in [3.63, 3.8) is 0 Å². The van der Waals surface area contributed by atoms with Gasteiger partial charge in [-0.05, 0) is 45.4 Å². The zero-order valence-corrected chi connectivity index (χ0v) is 13.8. The molecule has 1 rings (SSSR count). The van der Waals surface area contributed by atoms with Gasteiger partial charge in [0.1, 0.15) is 0 Å². The van der Waals surface area contributed by atoms with Crippen molar-refractivity contribution in [1.82, 2.24) is 5.32 Å². The summed E-state index contributed by atoms with van der Waals surface area (Å²) in [5, 5.41) is 3.02. The van der Waals surface area contributed by atoms with Crippen LogP contribution in [0.25, 0.3) is 0 Å². The quantitative estimate of drug-likeness (QED) is 0.832. The number of primary amides is 1. The standard InChI is InChI=1S/C16H30N2O2/c1-14(2,3)10-11(12(19)18-15(4,5)6)16(13(17)20)8-7-9-16/h11H,7-10H2,1-6H3,(H2,17,20)(H,18,19)/t11-/m0/s1. The van der Waals surface area contributed by atoms with Crippen molar-refractivity contribution in [2.24, 2.45) is 22.5 Å². The minimum atomic E-state index is -0.636. The fourth-order valence-corrected chi connectivity index (χ4v) is 2.93. The molecule has 2 amide bonds. The highest BCUT2D eigenvalue weighted by atomic mass is 16.2. The van der Waals surface area contributed by atoms with Crippen molar-refractivity contribution in [1.29, 1.82) is 0 Å². The van der Waals surface area contributed by atoms with E-state index in [-0.39, 0.29) is 28.7 Å². The summed E-state index contributed by atoms with van der Waals surface area (Å²) in [7, 11) is 0. The number of nitrogens with two attached hydrogens (primary N) is 1. The van der Waals surface area contributed by atoms with E-state index in [2.05, 4.69) is 26.1 Å². The molecule has 1 saturated carbocycles. The topological polar surface area (TPSA) is 72.2 Å². The smallest absolute Gasteiger partial charge is 0.224 e. The molecule has 0 aromatic carbocycles. The van der Waals surface area contributed by atoms with E-state index in [9.17, 15) is 9.59 Å². The molecular formula is C16H30N2O2. The highest BCUT2D eigenvalue weighted by Crippen LogP contribution is 2.50. The number of rotatable bonds is 4. The van der Waals surface area contributed by atoms with Gasteiger partial charge in [0.2, 0.25) is 11.8 Å². The van der Waals surface area contributed by atoms with Crippen LogP contribution in [0.1, 0.15) is 67.2 Å². The molecule has 1 aliphatic carbocycles. The summed E-state index contributed by atoms with van der Waals surface area (Å²) in [5.41, 5.74) is 4.69. The molecule has 0 aromatic rings. The van der Waals surface area contributed by atoms with Gasteiger partial charge in [0.05, 0.1) is 11.3 Å². The molecule has 0 spiro atoms. The van der Waals surface area contributed by atoms with Gasteiger partial charge in [0.25, 0.3) is 0 Å². The minimum absolute atomic E-state index is 0.0159. The largest absolute Gasteiger partial charge is 0.369 e. The molecule has 0 unspecified atom stereocenters. The molecule has 3 N–H and O–H groups in total. The molecule has 1 aliphatic rings. The molecule has 20 heavy (non-hydrogen) atoms. The molecule has 0 aliphatic heterocycles. The van der Waals surface area contributed by atoms with E-state index in [1.807, 2.05) is 20.8 Å². The number of hydrogen-bond donors (Lipinski definition) is 2. The van der Waals surface area contributed by atoms with E-state index in [1.54, 1.807) is 0 Å². The molecule has 0 saturated heterocycles. The first-order chi connectivity index (χ1) is 8.87. The predicted octanol–water partition coefficient (Wildman–Crippen LogP) is 2.61. The first-order valence-corrected chi connectivity index (χ1v) is 7.49. The highest BCUT2D eigenvalue weighted by Gasteiger charge is 2.53. The van der Waals surface area contributed by atoms with Crippen LogP contribution in [0.4, 0.5) is 0 Å². The van der Waals surface area contributed by atoms with E-state index >= 15 is 0 Å². The average molecular weight is 282 g/mol. The molecule has 0 radical (unpaired) electrons. The van der Waals surface area contributed by atoms with Gasteiger partial charge in [-0.1, -0.05) is 27.2 Å². The lowest BCUT2D eigenvalue weighted by Crippen LogP contribution is -2.56. The summed E-state index contributed by atoms with van der Waals surface area (Å²) in [4.78, 5) is 24.6. The van der Waals surface area contributed by atoms with E-state index in [0.717, 1.165) is 19.3 Å². The second-order valence-electron chi connectivity index (χ2n) is 8.43. The Morgan fingerprint density at radius 2 is 1.65 bits per heavy atom. The molecule has 4 heteroatoms. The Balaban J connectivity index is 3.03. The van der Waals surface area contributed by atoms with Crippen LogP contribution in [-0.2, 0) is 9.59 Å². The van der Waals surface area contributed by atoms with E-state index in [4.69, 9.17) is 5.73 Å². The van der Waals surface area contributed by atoms with Gasteiger partial charge in [0, 0.05) is 5.54 Å². The van der Waals surface area contributed by atoms with Crippen LogP contribution in [0, 0.1) is 16.7 Å². The maximum absolute atomic E-state index is 12.7. The second-order valence-corrected chi connectivity index (χ2v) is 8.43. The van der Waals surface area contributed by atoms with Crippen LogP contribution in [0.3, 0.4) is 0 Å². The van der Waals surface area contributed by atoms with Crippen molar-refractivity contribution in [3.8, 4) is 0 Å². The van der Waals surface area contributed by atoms with Crippen LogP contribution in [-0.4, -0.2) is 17.4 Å². The van der Waals surface area contributed by atoms with E-state index < -0.39 is 5.41 Å². The Bertz CT molecular complexity index is 384. The lowest BCUT2D eigenvalue weighted by Gasteiger charge is -2.46. The van der Waals surface area contributed by atoms with Gasteiger partial charge in [-0.3, -0.25) is 9.59 Å². The van der Waals surface area contributed by atoms with Crippen molar-refractivity contribution in [3.05, 3.63) is 0 Å². The third-order valence-corrected chi connectivity index (χ3v) is 4.03. The number of amides is 2. The van der Waals surface area contributed by atoms with Gasteiger partial charge >= 0.3 is 0 Å². The summed E-state index contributed by atoms with van der Waals surface area (Å²) in [6.45, 7) is 12.2. The number of nitrogens with one attached hydrogen (secondary N) is 1. The molecule has 4 nitrogen and oxygen atoms in total. The fraction of sp³-hybridized carbons (Fsp3) is 0.875. The Labute approximate surface area is 122 Å². The SMILES string of the molecule is CC(C)(C)C[C@@H](C(=O)NC(C)(C)C)C1(C(N)=O)CCC1. The summed E-state index contributed by atoms with van der Waals surface area (Å²) in [6.07, 6.45) is 3.13. The molecular weight excluding hydrogens is 252 g/mol. The second kappa shape index (κ2) is 5.38. The first-order valence-electron chi connectivity index (χ1n) is 7.49. The van der Waals surface area contributed by atoms with Crippen molar-refractivity contribution < 1.29 is 9.59 Å². The number of carbonyl (C=O) groups excluding carboxylic acids is 2. The van der Waals surface area contributed by atoms with Crippen molar-refractivity contribution in [2.75, 3.05) is 0 Å². The fourth-order valence-electron chi connectivity index (χ4n) is 2.93. The summed E-state index contributed by atoms with van der Waals surface area (Å²) in [6, 6.07) is 0. The Morgan fingerprint density at radius 1 is 1.15 bits per heavy atom. The molecule has 0 heterocycles. The minimum Gasteiger partial charge on any atom is -0.369 e. The molecule has 0 bridgehead atoms. The Hall–Kier alpha value is -1.06. The third-order valence-electron chi connectivity index (χ3n) is 4.03. The molecule has 116 valence electrons. The van der Waals surface area contributed by atoms with E-state index in [0.29, 0.717) is 6.42 Å². The van der Waals surface area contributed by atoms with Crippen LogP contribution in [0.5, 0.6) is 0 Å². The first kappa shape index (κ1) is 17.0. The van der Waals surface area contributed by atoms with Crippen LogP contribution >= 0.6 is 0 Å². The van der Waals surface area contributed by atoms with Crippen LogP contribution in [0.15, 0.2) is 0 Å². The predicted molar refractivity (Wildman–Crippen MR) is 80.9 cm³/mol. The monoisotopic (exact) mass is 282 g/mol. The van der Waals surface area contributed by atoms with Gasteiger partial charge in [-0.2, -0.15) is 0 Å². The average Bonchev–Trinajstić information content (AvgIpc) is 2.08. The van der Waals surface area contributed by atoms with Gasteiger partial charge in [-0.15, -0.1) is 0 Å². The molecule has 1 atom stereocenters.